The van der Waals surface area contributed by atoms with Crippen LogP contribution in [0.2, 0.25) is 0 Å². The summed E-state index contributed by atoms with van der Waals surface area (Å²) in [4.78, 5) is 31.3. The number of hydrogen-bond donors (Lipinski definition) is 2. The van der Waals surface area contributed by atoms with Gasteiger partial charge in [-0.15, -0.1) is 0 Å². The summed E-state index contributed by atoms with van der Waals surface area (Å²) in [6, 6.07) is 14.6. The van der Waals surface area contributed by atoms with E-state index in [1.807, 2.05) is 36.4 Å². The standard InChI is InChI=1S/C35H51N3O4/c1-34(2,3)26-17-18-27(42-7)25(21-26)22-36-30-29(35(4,5)6)32(33(40)41)38(31(30)24-15-11-10-12-16-24)28(39)23-37-19-13-8-9-14-20-37/h10-12,15-18,21,29-32,36H,8-9,13-14,19-20,22-23H2,1-7H3,(H,40,41)/t29-,30-,31-,32-/m0/s1. The Hall–Kier alpha value is -2.90. The summed E-state index contributed by atoms with van der Waals surface area (Å²) in [6.07, 6.45) is 4.50. The first kappa shape index (κ1) is 32.0. The molecule has 0 bridgehead atoms. The lowest BCUT2D eigenvalue weighted by molar-refractivity contribution is -0.152. The highest BCUT2D eigenvalue weighted by Gasteiger charge is 2.57. The van der Waals surface area contributed by atoms with Crippen molar-refractivity contribution in [2.75, 3.05) is 26.7 Å². The number of methoxy groups -OCH3 is 1. The number of amides is 1. The Morgan fingerprint density at radius 3 is 2.14 bits per heavy atom. The predicted molar refractivity (Wildman–Crippen MR) is 168 cm³/mol. The van der Waals surface area contributed by atoms with E-state index < -0.39 is 18.1 Å². The SMILES string of the molecule is COc1ccc(C(C)(C)C)cc1CN[C@H]1[C@H](C(C)(C)C)[C@@H](C(=O)O)N(C(=O)CN2CCCCCC2)[C@H]1c1ccccc1. The van der Waals surface area contributed by atoms with Crippen molar-refractivity contribution in [1.82, 2.24) is 15.1 Å². The Balaban J connectivity index is 1.77. The number of hydrogen-bond acceptors (Lipinski definition) is 5. The Morgan fingerprint density at radius 2 is 1.60 bits per heavy atom. The molecule has 2 aromatic carbocycles. The smallest absolute Gasteiger partial charge is 0.326 e. The van der Waals surface area contributed by atoms with E-state index >= 15 is 0 Å². The summed E-state index contributed by atoms with van der Waals surface area (Å²) in [5.74, 6) is -0.591. The Bertz CT molecular complexity index is 1210. The van der Waals surface area contributed by atoms with Gasteiger partial charge >= 0.3 is 5.97 Å². The number of aliphatic carboxylic acids is 1. The molecular formula is C35H51N3O4. The van der Waals surface area contributed by atoms with Crippen LogP contribution in [0.15, 0.2) is 48.5 Å². The van der Waals surface area contributed by atoms with Gasteiger partial charge in [0, 0.05) is 24.1 Å². The van der Waals surface area contributed by atoms with E-state index in [0.29, 0.717) is 6.54 Å². The third-order valence-electron chi connectivity index (χ3n) is 9.08. The van der Waals surface area contributed by atoms with Gasteiger partial charge in [-0.05, 0) is 54.0 Å². The molecule has 2 aromatic rings. The topological polar surface area (TPSA) is 82.1 Å². The van der Waals surface area contributed by atoms with Crippen molar-refractivity contribution >= 4 is 11.9 Å². The van der Waals surface area contributed by atoms with Crippen molar-refractivity contribution in [3.05, 3.63) is 65.2 Å². The number of benzene rings is 2. The lowest BCUT2D eigenvalue weighted by Gasteiger charge is -2.35. The molecule has 1 amide bonds. The van der Waals surface area contributed by atoms with E-state index in [9.17, 15) is 14.7 Å². The van der Waals surface area contributed by atoms with Crippen molar-refractivity contribution in [1.29, 1.82) is 0 Å². The normalized spacial score (nSPS) is 23.9. The van der Waals surface area contributed by atoms with Gasteiger partial charge in [0.15, 0.2) is 0 Å². The van der Waals surface area contributed by atoms with E-state index in [1.165, 1.54) is 18.4 Å². The number of carboxylic acid groups (broad SMARTS) is 1. The Labute approximate surface area is 252 Å². The molecule has 230 valence electrons. The second-order valence-electron chi connectivity index (χ2n) is 14.2. The van der Waals surface area contributed by atoms with Crippen molar-refractivity contribution in [2.45, 2.75) is 97.3 Å². The van der Waals surface area contributed by atoms with Crippen LogP contribution >= 0.6 is 0 Å². The molecule has 0 aliphatic carbocycles. The molecule has 4 atom stereocenters. The first-order chi connectivity index (χ1) is 19.8. The number of carbonyl (C=O) groups excluding carboxylic acids is 1. The molecule has 7 nitrogen and oxygen atoms in total. The number of nitrogens with one attached hydrogen (secondary N) is 1. The Kier molecular flexibility index (Phi) is 10.0. The summed E-state index contributed by atoms with van der Waals surface area (Å²) >= 11 is 0. The second kappa shape index (κ2) is 13.2. The minimum Gasteiger partial charge on any atom is -0.496 e. The highest BCUT2D eigenvalue weighted by molar-refractivity contribution is 5.87. The highest BCUT2D eigenvalue weighted by atomic mass is 16.5. The van der Waals surface area contributed by atoms with Gasteiger partial charge in [0.1, 0.15) is 11.8 Å². The molecule has 2 aliphatic rings. The third kappa shape index (κ3) is 7.17. The molecule has 0 aromatic heterocycles. The quantitative estimate of drug-likeness (QED) is 0.399. The minimum absolute atomic E-state index is 0.0279. The molecule has 0 unspecified atom stereocenters. The molecule has 7 heteroatoms. The van der Waals surface area contributed by atoms with Crippen LogP contribution in [0.1, 0.15) is 90.0 Å². The van der Waals surface area contributed by atoms with E-state index in [-0.39, 0.29) is 35.2 Å². The zero-order chi connectivity index (χ0) is 30.7. The van der Waals surface area contributed by atoms with Gasteiger partial charge in [0.2, 0.25) is 5.91 Å². The number of rotatable bonds is 8. The van der Waals surface area contributed by atoms with Gasteiger partial charge < -0.3 is 20.1 Å². The fourth-order valence-corrected chi connectivity index (χ4v) is 6.94. The molecule has 0 radical (unpaired) electrons. The van der Waals surface area contributed by atoms with Crippen LogP contribution in [0.25, 0.3) is 0 Å². The molecule has 2 saturated heterocycles. The second-order valence-corrected chi connectivity index (χ2v) is 14.2. The lowest BCUT2D eigenvalue weighted by Crippen LogP contribution is -2.50. The van der Waals surface area contributed by atoms with Crippen LogP contribution in [0.3, 0.4) is 0 Å². The molecule has 0 saturated carbocycles. The molecule has 42 heavy (non-hydrogen) atoms. The summed E-state index contributed by atoms with van der Waals surface area (Å²) in [5.41, 5.74) is 2.76. The maximum Gasteiger partial charge on any atom is 0.326 e. The van der Waals surface area contributed by atoms with Crippen LogP contribution in [0, 0.1) is 11.3 Å². The molecular weight excluding hydrogens is 526 g/mol. The van der Waals surface area contributed by atoms with E-state index in [0.717, 1.165) is 42.8 Å². The summed E-state index contributed by atoms with van der Waals surface area (Å²) in [5, 5.41) is 14.5. The van der Waals surface area contributed by atoms with Gasteiger partial charge in [-0.2, -0.15) is 0 Å². The predicted octanol–water partition coefficient (Wildman–Crippen LogP) is 6.03. The van der Waals surface area contributed by atoms with Crippen LogP contribution < -0.4 is 10.1 Å². The van der Waals surface area contributed by atoms with Gasteiger partial charge in [0.05, 0.1) is 19.7 Å². The highest BCUT2D eigenvalue weighted by Crippen LogP contribution is 2.48. The number of carbonyl (C=O) groups is 2. The average Bonchev–Trinajstić information content (AvgIpc) is 3.09. The van der Waals surface area contributed by atoms with E-state index in [1.54, 1.807) is 12.0 Å². The zero-order valence-corrected chi connectivity index (χ0v) is 26.7. The lowest BCUT2D eigenvalue weighted by atomic mass is 9.72. The van der Waals surface area contributed by atoms with Crippen LogP contribution in [0.5, 0.6) is 5.75 Å². The van der Waals surface area contributed by atoms with Gasteiger partial charge in [0.25, 0.3) is 0 Å². The van der Waals surface area contributed by atoms with Crippen molar-refractivity contribution in [3.8, 4) is 5.75 Å². The largest absolute Gasteiger partial charge is 0.496 e. The first-order valence-corrected chi connectivity index (χ1v) is 15.5. The number of likely N-dealkylation sites (tertiary alicyclic amines) is 2. The maximum atomic E-state index is 14.2. The van der Waals surface area contributed by atoms with Gasteiger partial charge in [-0.25, -0.2) is 4.79 Å². The molecule has 4 rings (SSSR count). The monoisotopic (exact) mass is 577 g/mol. The van der Waals surface area contributed by atoms with Crippen molar-refractivity contribution < 1.29 is 19.4 Å². The molecule has 2 heterocycles. The Morgan fingerprint density at radius 1 is 0.952 bits per heavy atom. The fourth-order valence-electron chi connectivity index (χ4n) is 6.94. The fraction of sp³-hybridized carbons (Fsp3) is 0.600. The minimum atomic E-state index is -0.949. The third-order valence-corrected chi connectivity index (χ3v) is 9.08. The average molecular weight is 578 g/mol. The van der Waals surface area contributed by atoms with Crippen molar-refractivity contribution in [3.63, 3.8) is 0 Å². The summed E-state index contributed by atoms with van der Waals surface area (Å²) in [7, 11) is 1.68. The molecule has 0 spiro atoms. The molecule has 2 N–H and O–H groups in total. The molecule has 2 aliphatic heterocycles. The number of ether oxygens (including phenoxy) is 1. The molecule has 2 fully saturated rings. The van der Waals surface area contributed by atoms with Crippen molar-refractivity contribution in [2.24, 2.45) is 11.3 Å². The van der Waals surface area contributed by atoms with Gasteiger partial charge in [-0.3, -0.25) is 9.69 Å². The zero-order valence-electron chi connectivity index (χ0n) is 26.7. The van der Waals surface area contributed by atoms with Gasteiger partial charge in [-0.1, -0.05) is 96.8 Å². The van der Waals surface area contributed by atoms with E-state index in [4.69, 9.17) is 4.74 Å². The summed E-state index contributed by atoms with van der Waals surface area (Å²) < 4.78 is 5.74. The van der Waals surface area contributed by atoms with Crippen LogP contribution in [-0.2, 0) is 21.5 Å². The maximum absolute atomic E-state index is 14.2. The first-order valence-electron chi connectivity index (χ1n) is 15.5. The van der Waals surface area contributed by atoms with Crippen LogP contribution in [0.4, 0.5) is 0 Å². The summed E-state index contributed by atoms with van der Waals surface area (Å²) in [6.45, 7) is 15.3. The van der Waals surface area contributed by atoms with Crippen LogP contribution in [-0.4, -0.2) is 65.6 Å². The number of carboxylic acids is 1. The van der Waals surface area contributed by atoms with E-state index in [2.05, 4.69) is 63.9 Å². The number of nitrogens with zero attached hydrogens (tertiary/aromatic N) is 2.